The summed E-state index contributed by atoms with van der Waals surface area (Å²) in [4.78, 5) is -0.188. The van der Waals surface area contributed by atoms with E-state index in [2.05, 4.69) is 0 Å². The Kier molecular flexibility index (Phi) is 7.42. The largest absolute Gasteiger partial charge is 0.265 e. The zero-order valence-corrected chi connectivity index (χ0v) is 20.0. The van der Waals surface area contributed by atoms with Gasteiger partial charge in [-0.25, -0.2) is 17.2 Å². The smallest absolute Gasteiger partial charge is 0.264 e. The topological polar surface area (TPSA) is 80.8 Å². The van der Waals surface area contributed by atoms with Crippen molar-refractivity contribution in [3.63, 3.8) is 0 Å². The van der Waals surface area contributed by atoms with E-state index < -0.39 is 43.5 Å². The lowest BCUT2D eigenvalue weighted by Crippen LogP contribution is -2.35. The van der Waals surface area contributed by atoms with Crippen LogP contribution in [0.4, 0.5) is 14.5 Å². The first-order valence-corrected chi connectivity index (χ1v) is 13.2. The molecule has 3 aromatic rings. The minimum atomic E-state index is -4.41. The third-order valence-corrected chi connectivity index (χ3v) is 7.50. The van der Waals surface area contributed by atoms with E-state index in [-0.39, 0.29) is 11.5 Å². The van der Waals surface area contributed by atoms with Gasteiger partial charge in [0.15, 0.2) is 0 Å². The van der Waals surface area contributed by atoms with Crippen LogP contribution in [0.2, 0.25) is 5.02 Å². The normalized spacial score (nSPS) is 13.0. The van der Waals surface area contributed by atoms with Gasteiger partial charge in [-0.3, -0.25) is 8.49 Å². The molecule has 6 nitrogen and oxygen atoms in total. The fraction of sp³-hybridized carbons (Fsp3) is 0.182. The molecular formula is C22H20ClF2NO5S2. The van der Waals surface area contributed by atoms with Crippen LogP contribution in [0.25, 0.3) is 0 Å². The second kappa shape index (κ2) is 9.76. The van der Waals surface area contributed by atoms with Gasteiger partial charge in [-0.15, -0.1) is 0 Å². The van der Waals surface area contributed by atoms with Crippen molar-refractivity contribution in [1.29, 1.82) is 0 Å². The lowest BCUT2D eigenvalue weighted by atomic mass is 10.0. The average Bonchev–Trinajstić information content (AvgIpc) is 2.74. The van der Waals surface area contributed by atoms with E-state index in [1.807, 2.05) is 0 Å². The molecule has 0 spiro atoms. The lowest BCUT2D eigenvalue weighted by molar-refractivity contribution is 0.310. The van der Waals surface area contributed by atoms with Crippen LogP contribution < -0.4 is 4.31 Å². The van der Waals surface area contributed by atoms with Crippen LogP contribution in [0.3, 0.4) is 0 Å². The highest BCUT2D eigenvalue weighted by atomic mass is 35.5. The molecule has 0 heterocycles. The SMILES string of the molecule is CC(c1ccccc1COS(C)(=O)=O)N(c1cc(F)ccc1F)S(=O)(=O)c1ccc(Cl)cc1. The molecule has 1 atom stereocenters. The van der Waals surface area contributed by atoms with Gasteiger partial charge < -0.3 is 0 Å². The predicted octanol–water partition coefficient (Wildman–Crippen LogP) is 5.05. The van der Waals surface area contributed by atoms with Crippen molar-refractivity contribution in [3.05, 3.63) is 94.5 Å². The Morgan fingerprint density at radius 2 is 1.61 bits per heavy atom. The lowest BCUT2D eigenvalue weighted by Gasteiger charge is -2.32. The standard InChI is InChI=1S/C22H20ClF2NO5S2/c1-15(20-6-4-3-5-16(20)14-31-32(2,27)28)26(22-13-18(24)9-12-21(22)25)33(29,30)19-10-7-17(23)8-11-19/h3-13,15H,14H2,1-2H3. The molecule has 0 amide bonds. The van der Waals surface area contributed by atoms with Gasteiger partial charge in [0.25, 0.3) is 20.1 Å². The van der Waals surface area contributed by atoms with Crippen LogP contribution in [-0.4, -0.2) is 23.1 Å². The Morgan fingerprint density at radius 1 is 0.970 bits per heavy atom. The maximum Gasteiger partial charge on any atom is 0.264 e. The molecule has 0 fully saturated rings. The van der Waals surface area contributed by atoms with E-state index in [0.717, 1.165) is 28.8 Å². The predicted molar refractivity (Wildman–Crippen MR) is 122 cm³/mol. The number of sulfonamides is 1. The Labute approximate surface area is 196 Å². The van der Waals surface area contributed by atoms with Crippen LogP contribution in [0.1, 0.15) is 24.1 Å². The zero-order chi connectivity index (χ0) is 24.4. The van der Waals surface area contributed by atoms with Crippen molar-refractivity contribution in [2.24, 2.45) is 0 Å². The number of hydrogen-bond donors (Lipinski definition) is 0. The summed E-state index contributed by atoms with van der Waals surface area (Å²) in [5.41, 5.74) is 0.210. The monoisotopic (exact) mass is 515 g/mol. The van der Waals surface area contributed by atoms with Gasteiger partial charge in [0.2, 0.25) is 0 Å². The third kappa shape index (κ3) is 5.89. The van der Waals surface area contributed by atoms with Gasteiger partial charge in [-0.1, -0.05) is 35.9 Å². The molecule has 0 aromatic heterocycles. The van der Waals surface area contributed by atoms with Crippen LogP contribution in [0.5, 0.6) is 0 Å². The van der Waals surface area contributed by atoms with E-state index in [4.69, 9.17) is 15.8 Å². The Hall–Kier alpha value is -2.53. The van der Waals surface area contributed by atoms with Crippen molar-refractivity contribution in [3.8, 4) is 0 Å². The Morgan fingerprint density at radius 3 is 2.24 bits per heavy atom. The first-order valence-electron chi connectivity index (χ1n) is 9.57. The first-order chi connectivity index (χ1) is 15.4. The first kappa shape index (κ1) is 25.1. The van der Waals surface area contributed by atoms with Gasteiger partial charge in [-0.2, -0.15) is 8.42 Å². The summed E-state index contributed by atoms with van der Waals surface area (Å²) >= 11 is 5.87. The molecule has 0 bridgehead atoms. The Bertz CT molecular complexity index is 1360. The van der Waals surface area contributed by atoms with Gasteiger partial charge in [0.1, 0.15) is 11.6 Å². The second-order valence-corrected chi connectivity index (χ2v) is 11.1. The molecule has 0 saturated heterocycles. The van der Waals surface area contributed by atoms with E-state index in [9.17, 15) is 25.6 Å². The molecular weight excluding hydrogens is 496 g/mol. The maximum atomic E-state index is 14.8. The summed E-state index contributed by atoms with van der Waals surface area (Å²) in [7, 11) is -8.19. The number of benzene rings is 3. The number of halogens is 3. The highest BCUT2D eigenvalue weighted by Crippen LogP contribution is 2.36. The van der Waals surface area contributed by atoms with Crippen molar-refractivity contribution in [1.82, 2.24) is 0 Å². The molecule has 1 unspecified atom stereocenters. The van der Waals surface area contributed by atoms with E-state index in [1.54, 1.807) is 24.3 Å². The molecule has 33 heavy (non-hydrogen) atoms. The highest BCUT2D eigenvalue weighted by molar-refractivity contribution is 7.92. The second-order valence-electron chi connectivity index (χ2n) is 7.19. The Balaban J connectivity index is 2.19. The average molecular weight is 516 g/mol. The van der Waals surface area contributed by atoms with Crippen molar-refractivity contribution >= 4 is 37.4 Å². The summed E-state index contributed by atoms with van der Waals surface area (Å²) in [6.45, 7) is 1.12. The van der Waals surface area contributed by atoms with Crippen LogP contribution in [-0.2, 0) is 30.9 Å². The van der Waals surface area contributed by atoms with Crippen LogP contribution in [0.15, 0.2) is 71.6 Å². The van der Waals surface area contributed by atoms with Crippen molar-refractivity contribution in [2.45, 2.75) is 24.5 Å². The molecule has 0 saturated carbocycles. The quantitative estimate of drug-likeness (QED) is 0.392. The molecule has 0 radical (unpaired) electrons. The number of rotatable bonds is 8. The van der Waals surface area contributed by atoms with Crippen LogP contribution in [0, 0.1) is 11.6 Å². The van der Waals surface area contributed by atoms with E-state index >= 15 is 0 Å². The summed E-state index contributed by atoms with van der Waals surface area (Å²) < 4.78 is 84.7. The van der Waals surface area contributed by atoms with E-state index in [1.165, 1.54) is 31.2 Å². The van der Waals surface area contributed by atoms with Gasteiger partial charge in [0.05, 0.1) is 29.5 Å². The van der Waals surface area contributed by atoms with Crippen LogP contribution >= 0.6 is 11.6 Å². The highest BCUT2D eigenvalue weighted by Gasteiger charge is 2.33. The molecule has 11 heteroatoms. The zero-order valence-electron chi connectivity index (χ0n) is 17.6. The molecule has 176 valence electrons. The number of hydrogen-bond acceptors (Lipinski definition) is 5. The minimum absolute atomic E-state index is 0.188. The number of nitrogens with zero attached hydrogens (tertiary/aromatic N) is 1. The molecule has 0 aliphatic carbocycles. The minimum Gasteiger partial charge on any atom is -0.265 e. The van der Waals surface area contributed by atoms with Crippen molar-refractivity contribution < 1.29 is 29.8 Å². The summed E-state index contributed by atoms with van der Waals surface area (Å²) in [5.74, 6) is -1.78. The number of anilines is 1. The third-order valence-electron chi connectivity index (χ3n) is 4.80. The van der Waals surface area contributed by atoms with Crippen molar-refractivity contribution in [2.75, 3.05) is 10.6 Å². The van der Waals surface area contributed by atoms with Gasteiger partial charge in [-0.05, 0) is 54.4 Å². The van der Waals surface area contributed by atoms with Gasteiger partial charge in [0, 0.05) is 11.1 Å². The molecule has 0 aliphatic rings. The molecule has 0 aliphatic heterocycles. The molecule has 0 N–H and O–H groups in total. The fourth-order valence-electron chi connectivity index (χ4n) is 3.29. The summed E-state index contributed by atoms with van der Waals surface area (Å²) in [6.07, 6.45) is 0.887. The maximum absolute atomic E-state index is 14.8. The molecule has 3 rings (SSSR count). The molecule has 3 aromatic carbocycles. The summed E-state index contributed by atoms with van der Waals surface area (Å²) in [5, 5.41) is 0.300. The van der Waals surface area contributed by atoms with E-state index in [0.29, 0.717) is 16.1 Å². The van der Waals surface area contributed by atoms with Gasteiger partial charge >= 0.3 is 0 Å². The fourth-order valence-corrected chi connectivity index (χ4v) is 5.39. The summed E-state index contributed by atoms with van der Waals surface area (Å²) in [6, 6.07) is 13.0.